The Morgan fingerprint density at radius 2 is 2.27 bits per heavy atom. The fourth-order valence-electron chi connectivity index (χ4n) is 1.15. The van der Waals surface area contributed by atoms with Crippen LogP contribution in [0.4, 0.5) is 10.1 Å². The summed E-state index contributed by atoms with van der Waals surface area (Å²) in [6, 6.07) is 2.49. The molecule has 0 aromatic heterocycles. The number of carbonyl (C=O) groups excluding carboxylic acids is 1. The third kappa shape index (κ3) is 3.20. The first-order valence-electron chi connectivity index (χ1n) is 4.43. The summed E-state index contributed by atoms with van der Waals surface area (Å²) in [5.41, 5.74) is 6.47. The smallest absolute Gasteiger partial charge is 0.310 e. The Labute approximate surface area is 95.5 Å². The molecule has 0 radical (unpaired) electrons. The highest BCUT2D eigenvalue weighted by Crippen LogP contribution is 2.25. The second-order valence-electron chi connectivity index (χ2n) is 2.94. The molecule has 15 heavy (non-hydrogen) atoms. The number of nitrogens with two attached hydrogens (primary N) is 1. The molecule has 0 heterocycles. The molecule has 0 spiro atoms. The van der Waals surface area contributed by atoms with E-state index in [4.69, 9.17) is 10.5 Å². The summed E-state index contributed by atoms with van der Waals surface area (Å²) in [6.07, 6.45) is -0.0178. The van der Waals surface area contributed by atoms with E-state index in [1.807, 2.05) is 0 Å². The maximum absolute atomic E-state index is 13.0. The van der Waals surface area contributed by atoms with Gasteiger partial charge in [-0.3, -0.25) is 4.79 Å². The van der Waals surface area contributed by atoms with Crippen molar-refractivity contribution < 1.29 is 13.9 Å². The van der Waals surface area contributed by atoms with Crippen LogP contribution in [0, 0.1) is 5.82 Å². The lowest BCUT2D eigenvalue weighted by Gasteiger charge is -2.07. The summed E-state index contributed by atoms with van der Waals surface area (Å²) < 4.78 is 18.2. The Hall–Kier alpha value is -1.10. The quantitative estimate of drug-likeness (QED) is 0.680. The standard InChI is InChI=1S/C10H11BrFNO2/c1-2-15-9(14)4-6-3-7(12)5-8(11)10(6)13/h3,5H,2,4,13H2,1H3. The van der Waals surface area contributed by atoms with Crippen molar-refractivity contribution in [1.82, 2.24) is 0 Å². The van der Waals surface area contributed by atoms with Gasteiger partial charge in [0.05, 0.1) is 13.0 Å². The first-order chi connectivity index (χ1) is 7.04. The van der Waals surface area contributed by atoms with Gasteiger partial charge in [-0.1, -0.05) is 0 Å². The Balaban J connectivity index is 2.89. The molecule has 0 aliphatic rings. The van der Waals surface area contributed by atoms with Crippen LogP contribution in [0.2, 0.25) is 0 Å². The second-order valence-corrected chi connectivity index (χ2v) is 3.80. The van der Waals surface area contributed by atoms with Crippen molar-refractivity contribution in [2.45, 2.75) is 13.3 Å². The van der Waals surface area contributed by atoms with E-state index < -0.39 is 11.8 Å². The van der Waals surface area contributed by atoms with Gasteiger partial charge in [-0.25, -0.2) is 4.39 Å². The van der Waals surface area contributed by atoms with E-state index in [9.17, 15) is 9.18 Å². The van der Waals surface area contributed by atoms with Crippen LogP contribution in [0.3, 0.4) is 0 Å². The molecule has 0 aliphatic heterocycles. The van der Waals surface area contributed by atoms with E-state index in [1.54, 1.807) is 6.92 Å². The van der Waals surface area contributed by atoms with Crippen molar-refractivity contribution in [2.24, 2.45) is 0 Å². The van der Waals surface area contributed by atoms with Gasteiger partial charge in [0, 0.05) is 10.2 Å². The van der Waals surface area contributed by atoms with Crippen LogP contribution in [0.15, 0.2) is 16.6 Å². The lowest BCUT2D eigenvalue weighted by molar-refractivity contribution is -0.142. The SMILES string of the molecule is CCOC(=O)Cc1cc(F)cc(Br)c1N. The van der Waals surface area contributed by atoms with Crippen LogP contribution in [-0.2, 0) is 16.0 Å². The Morgan fingerprint density at radius 3 is 2.87 bits per heavy atom. The Kier molecular flexibility index (Phi) is 4.08. The monoisotopic (exact) mass is 275 g/mol. The Morgan fingerprint density at radius 1 is 1.60 bits per heavy atom. The predicted molar refractivity (Wildman–Crippen MR) is 58.8 cm³/mol. The zero-order chi connectivity index (χ0) is 11.4. The van der Waals surface area contributed by atoms with Gasteiger partial charge in [-0.05, 0) is 40.5 Å². The molecule has 0 saturated heterocycles. The topological polar surface area (TPSA) is 52.3 Å². The van der Waals surface area contributed by atoms with Gasteiger partial charge in [0.1, 0.15) is 5.82 Å². The number of hydrogen-bond donors (Lipinski definition) is 1. The fraction of sp³-hybridized carbons (Fsp3) is 0.300. The summed E-state index contributed by atoms with van der Waals surface area (Å²) in [5.74, 6) is -0.850. The first kappa shape index (κ1) is 12.0. The van der Waals surface area contributed by atoms with Crippen LogP contribution in [0.25, 0.3) is 0 Å². The molecule has 0 bridgehead atoms. The average Bonchev–Trinajstić information content (AvgIpc) is 2.13. The molecule has 0 aliphatic carbocycles. The Bertz CT molecular complexity index is 382. The van der Waals surface area contributed by atoms with E-state index in [1.165, 1.54) is 12.1 Å². The van der Waals surface area contributed by atoms with Gasteiger partial charge < -0.3 is 10.5 Å². The summed E-state index contributed by atoms with van der Waals surface area (Å²) in [5, 5.41) is 0. The number of benzene rings is 1. The number of hydrogen-bond acceptors (Lipinski definition) is 3. The van der Waals surface area contributed by atoms with Crippen molar-refractivity contribution in [3.8, 4) is 0 Å². The molecule has 0 saturated carbocycles. The highest BCUT2D eigenvalue weighted by molar-refractivity contribution is 9.10. The highest BCUT2D eigenvalue weighted by atomic mass is 79.9. The minimum atomic E-state index is -0.435. The number of nitrogen functional groups attached to an aromatic ring is 1. The van der Waals surface area contributed by atoms with E-state index in [2.05, 4.69) is 15.9 Å². The molecule has 82 valence electrons. The van der Waals surface area contributed by atoms with E-state index >= 15 is 0 Å². The van der Waals surface area contributed by atoms with Crippen LogP contribution in [0.1, 0.15) is 12.5 Å². The maximum Gasteiger partial charge on any atom is 0.310 e. The van der Waals surface area contributed by atoms with Crippen LogP contribution >= 0.6 is 15.9 Å². The summed E-state index contributed by atoms with van der Waals surface area (Å²) in [4.78, 5) is 11.2. The highest BCUT2D eigenvalue weighted by Gasteiger charge is 2.11. The first-order valence-corrected chi connectivity index (χ1v) is 5.23. The van der Waals surface area contributed by atoms with Gasteiger partial charge >= 0.3 is 5.97 Å². The molecular formula is C10H11BrFNO2. The van der Waals surface area contributed by atoms with Crippen molar-refractivity contribution in [1.29, 1.82) is 0 Å². The molecule has 0 fully saturated rings. The van der Waals surface area contributed by atoms with Crippen molar-refractivity contribution in [3.05, 3.63) is 28.0 Å². The van der Waals surface area contributed by atoms with E-state index in [0.29, 0.717) is 22.3 Å². The number of esters is 1. The number of carbonyl (C=O) groups is 1. The van der Waals surface area contributed by atoms with Crippen LogP contribution < -0.4 is 5.73 Å². The molecule has 1 aromatic rings. The molecule has 3 nitrogen and oxygen atoms in total. The van der Waals surface area contributed by atoms with Crippen LogP contribution in [-0.4, -0.2) is 12.6 Å². The molecule has 1 rings (SSSR count). The number of halogens is 2. The molecule has 0 unspecified atom stereocenters. The summed E-state index contributed by atoms with van der Waals surface area (Å²) >= 11 is 3.11. The molecule has 0 amide bonds. The van der Waals surface area contributed by atoms with Gasteiger partial charge in [-0.2, -0.15) is 0 Å². The molecular weight excluding hydrogens is 265 g/mol. The van der Waals surface area contributed by atoms with Gasteiger partial charge in [0.15, 0.2) is 0 Å². The third-order valence-electron chi connectivity index (χ3n) is 1.82. The van der Waals surface area contributed by atoms with Crippen LogP contribution in [0.5, 0.6) is 0 Å². The third-order valence-corrected chi connectivity index (χ3v) is 2.48. The number of anilines is 1. The average molecular weight is 276 g/mol. The summed E-state index contributed by atoms with van der Waals surface area (Å²) in [6.45, 7) is 2.01. The van der Waals surface area contributed by atoms with Gasteiger partial charge in [0.25, 0.3) is 0 Å². The lowest BCUT2D eigenvalue weighted by atomic mass is 10.1. The van der Waals surface area contributed by atoms with Crippen molar-refractivity contribution in [2.75, 3.05) is 12.3 Å². The minimum absolute atomic E-state index is 0.0178. The number of rotatable bonds is 3. The molecule has 0 atom stereocenters. The normalized spacial score (nSPS) is 10.1. The lowest BCUT2D eigenvalue weighted by Crippen LogP contribution is -2.09. The molecule has 5 heteroatoms. The minimum Gasteiger partial charge on any atom is -0.466 e. The molecule has 1 aromatic carbocycles. The number of ether oxygens (including phenoxy) is 1. The van der Waals surface area contributed by atoms with E-state index in [-0.39, 0.29) is 6.42 Å². The zero-order valence-electron chi connectivity index (χ0n) is 8.22. The maximum atomic E-state index is 13.0. The van der Waals surface area contributed by atoms with Crippen molar-refractivity contribution in [3.63, 3.8) is 0 Å². The fourth-order valence-corrected chi connectivity index (χ4v) is 1.63. The van der Waals surface area contributed by atoms with Gasteiger partial charge in [-0.15, -0.1) is 0 Å². The second kappa shape index (κ2) is 5.11. The molecule has 2 N–H and O–H groups in total. The summed E-state index contributed by atoms with van der Waals surface area (Å²) in [7, 11) is 0. The largest absolute Gasteiger partial charge is 0.466 e. The predicted octanol–water partition coefficient (Wildman–Crippen LogP) is 2.28. The zero-order valence-corrected chi connectivity index (χ0v) is 9.80. The van der Waals surface area contributed by atoms with E-state index in [0.717, 1.165) is 0 Å². The van der Waals surface area contributed by atoms with Gasteiger partial charge in [0.2, 0.25) is 0 Å². The van der Waals surface area contributed by atoms with Crippen molar-refractivity contribution >= 4 is 27.6 Å².